The molecule has 0 saturated carbocycles. The standard InChI is InChI=1S/C17H20ClN3O2/c1-20(11-16(22)23)12-6-9-21(10-7-12)15-5-8-19-17-13(15)3-2-4-14(17)18/h2-5,8,12H,6-7,9-11H2,1H3,(H,22,23). The van der Waals surface area contributed by atoms with Gasteiger partial charge in [0.1, 0.15) is 0 Å². The number of carbonyl (C=O) groups is 1. The number of aliphatic carboxylic acids is 1. The van der Waals surface area contributed by atoms with E-state index in [1.165, 1.54) is 0 Å². The van der Waals surface area contributed by atoms with Crippen molar-refractivity contribution < 1.29 is 9.90 Å². The number of benzene rings is 1. The number of pyridine rings is 1. The van der Waals surface area contributed by atoms with Crippen LogP contribution >= 0.6 is 11.6 Å². The van der Waals surface area contributed by atoms with E-state index in [0.717, 1.165) is 42.5 Å². The number of rotatable bonds is 4. The largest absolute Gasteiger partial charge is 0.480 e. The van der Waals surface area contributed by atoms with Crippen molar-refractivity contribution in [1.29, 1.82) is 0 Å². The van der Waals surface area contributed by atoms with Gasteiger partial charge in [0.2, 0.25) is 0 Å². The lowest BCUT2D eigenvalue weighted by Crippen LogP contribution is -2.45. The van der Waals surface area contributed by atoms with Crippen LogP contribution in [0.2, 0.25) is 5.02 Å². The third-order valence-electron chi connectivity index (χ3n) is 4.51. The van der Waals surface area contributed by atoms with E-state index in [-0.39, 0.29) is 6.54 Å². The number of halogens is 1. The number of hydrogen-bond acceptors (Lipinski definition) is 4. The first-order chi connectivity index (χ1) is 11.1. The fraction of sp³-hybridized carbons (Fsp3) is 0.412. The van der Waals surface area contributed by atoms with Gasteiger partial charge in [0.05, 0.1) is 17.1 Å². The van der Waals surface area contributed by atoms with Crippen molar-refractivity contribution in [3.05, 3.63) is 35.5 Å². The lowest BCUT2D eigenvalue weighted by molar-refractivity contribution is -0.138. The molecule has 0 bridgehead atoms. The lowest BCUT2D eigenvalue weighted by atomic mass is 10.0. The second-order valence-corrected chi connectivity index (χ2v) is 6.40. The fourth-order valence-electron chi connectivity index (χ4n) is 3.29. The van der Waals surface area contributed by atoms with Gasteiger partial charge in [-0.15, -0.1) is 0 Å². The molecule has 5 nitrogen and oxygen atoms in total. The highest BCUT2D eigenvalue weighted by Crippen LogP contribution is 2.31. The summed E-state index contributed by atoms with van der Waals surface area (Å²) in [6.45, 7) is 1.90. The SMILES string of the molecule is CN(CC(=O)O)C1CCN(c2ccnc3c(Cl)cccc23)CC1. The zero-order chi connectivity index (χ0) is 16.4. The molecule has 1 aliphatic heterocycles. The van der Waals surface area contributed by atoms with Gasteiger partial charge >= 0.3 is 5.97 Å². The minimum Gasteiger partial charge on any atom is -0.480 e. The van der Waals surface area contributed by atoms with E-state index in [4.69, 9.17) is 16.7 Å². The molecule has 0 spiro atoms. The van der Waals surface area contributed by atoms with Gasteiger partial charge in [-0.3, -0.25) is 14.7 Å². The highest BCUT2D eigenvalue weighted by molar-refractivity contribution is 6.35. The van der Waals surface area contributed by atoms with Gasteiger partial charge in [-0.2, -0.15) is 0 Å². The van der Waals surface area contributed by atoms with E-state index < -0.39 is 5.97 Å². The van der Waals surface area contributed by atoms with Gasteiger partial charge < -0.3 is 10.0 Å². The number of aromatic nitrogens is 1. The molecule has 1 N–H and O–H groups in total. The minimum absolute atomic E-state index is 0.0957. The van der Waals surface area contributed by atoms with Crippen LogP contribution in [0.1, 0.15) is 12.8 Å². The average Bonchev–Trinajstić information content (AvgIpc) is 2.54. The van der Waals surface area contributed by atoms with Gasteiger partial charge in [0, 0.05) is 36.4 Å². The zero-order valence-electron chi connectivity index (χ0n) is 13.1. The Balaban J connectivity index is 1.76. The number of anilines is 1. The van der Waals surface area contributed by atoms with Gasteiger partial charge in [0.15, 0.2) is 0 Å². The van der Waals surface area contributed by atoms with E-state index in [1.54, 1.807) is 6.20 Å². The van der Waals surface area contributed by atoms with Gasteiger partial charge in [-0.25, -0.2) is 0 Å². The van der Waals surface area contributed by atoms with Crippen molar-refractivity contribution in [2.24, 2.45) is 0 Å². The summed E-state index contributed by atoms with van der Waals surface area (Å²) >= 11 is 6.24. The van der Waals surface area contributed by atoms with Crippen molar-refractivity contribution in [3.8, 4) is 0 Å². The summed E-state index contributed by atoms with van der Waals surface area (Å²) in [6.07, 6.45) is 3.70. The quantitative estimate of drug-likeness (QED) is 0.932. The number of likely N-dealkylation sites (N-methyl/N-ethyl adjacent to an activating group) is 1. The molecule has 1 aromatic heterocycles. The summed E-state index contributed by atoms with van der Waals surface area (Å²) in [4.78, 5) is 19.5. The second kappa shape index (κ2) is 6.72. The Labute approximate surface area is 140 Å². The molecule has 1 saturated heterocycles. The Bertz CT molecular complexity index is 714. The third-order valence-corrected chi connectivity index (χ3v) is 4.82. The van der Waals surface area contributed by atoms with Crippen LogP contribution in [0.3, 0.4) is 0 Å². The molecule has 6 heteroatoms. The highest BCUT2D eigenvalue weighted by Gasteiger charge is 2.24. The molecule has 23 heavy (non-hydrogen) atoms. The summed E-state index contributed by atoms with van der Waals surface area (Å²) in [7, 11) is 1.88. The maximum absolute atomic E-state index is 10.8. The molecule has 0 atom stereocenters. The van der Waals surface area contributed by atoms with Crippen molar-refractivity contribution in [1.82, 2.24) is 9.88 Å². The third kappa shape index (κ3) is 3.41. The van der Waals surface area contributed by atoms with Gasteiger partial charge in [0.25, 0.3) is 0 Å². The normalized spacial score (nSPS) is 16.2. The number of piperidine rings is 1. The van der Waals surface area contributed by atoms with Crippen molar-refractivity contribution in [2.75, 3.05) is 31.6 Å². The topological polar surface area (TPSA) is 56.7 Å². The first kappa shape index (κ1) is 16.0. The molecule has 1 aromatic carbocycles. The number of nitrogens with zero attached hydrogens (tertiary/aromatic N) is 3. The monoisotopic (exact) mass is 333 g/mol. The fourth-order valence-corrected chi connectivity index (χ4v) is 3.51. The number of para-hydroxylation sites is 1. The molecular weight excluding hydrogens is 314 g/mol. The molecule has 0 amide bonds. The van der Waals surface area contributed by atoms with E-state index in [9.17, 15) is 4.79 Å². The maximum atomic E-state index is 10.8. The summed E-state index contributed by atoms with van der Waals surface area (Å²) < 4.78 is 0. The molecular formula is C17H20ClN3O2. The van der Waals surface area contributed by atoms with Crippen LogP contribution in [0.4, 0.5) is 5.69 Å². The first-order valence-electron chi connectivity index (χ1n) is 7.76. The molecule has 2 heterocycles. The van der Waals surface area contributed by atoms with Gasteiger partial charge in [-0.05, 0) is 32.0 Å². The van der Waals surface area contributed by atoms with E-state index >= 15 is 0 Å². The molecule has 122 valence electrons. The molecule has 3 rings (SSSR count). The molecule has 0 radical (unpaired) electrons. The number of hydrogen-bond donors (Lipinski definition) is 1. The Morgan fingerprint density at radius 2 is 2.13 bits per heavy atom. The summed E-state index contributed by atoms with van der Waals surface area (Å²) in [6, 6.07) is 8.20. The summed E-state index contributed by atoms with van der Waals surface area (Å²) in [5.74, 6) is -0.773. The van der Waals surface area contributed by atoms with Gasteiger partial charge in [-0.1, -0.05) is 23.7 Å². The molecule has 0 unspecified atom stereocenters. The zero-order valence-corrected chi connectivity index (χ0v) is 13.8. The Hall–Kier alpha value is -1.85. The van der Waals surface area contributed by atoms with Crippen LogP contribution in [0.15, 0.2) is 30.5 Å². The van der Waals surface area contributed by atoms with Crippen molar-refractivity contribution in [3.63, 3.8) is 0 Å². The van der Waals surface area contributed by atoms with Crippen LogP contribution in [-0.4, -0.2) is 53.7 Å². The smallest absolute Gasteiger partial charge is 0.317 e. The van der Waals surface area contributed by atoms with E-state index in [1.807, 2.05) is 36.2 Å². The Kier molecular flexibility index (Phi) is 4.68. The van der Waals surface area contributed by atoms with Crippen LogP contribution in [0.25, 0.3) is 10.9 Å². The Morgan fingerprint density at radius 1 is 1.39 bits per heavy atom. The first-order valence-corrected chi connectivity index (χ1v) is 8.14. The summed E-state index contributed by atoms with van der Waals surface area (Å²) in [5, 5.41) is 10.7. The summed E-state index contributed by atoms with van der Waals surface area (Å²) in [5.41, 5.74) is 1.98. The Morgan fingerprint density at radius 3 is 2.83 bits per heavy atom. The average molecular weight is 334 g/mol. The van der Waals surface area contributed by atoms with Crippen molar-refractivity contribution >= 4 is 34.2 Å². The molecule has 2 aromatic rings. The molecule has 1 fully saturated rings. The second-order valence-electron chi connectivity index (χ2n) is 5.99. The van der Waals surface area contributed by atoms with Crippen molar-refractivity contribution in [2.45, 2.75) is 18.9 Å². The molecule has 0 aliphatic carbocycles. The molecule has 1 aliphatic rings. The van der Waals surface area contributed by atoms with E-state index in [0.29, 0.717) is 11.1 Å². The number of carboxylic acid groups (broad SMARTS) is 1. The van der Waals surface area contributed by atoms with Crippen LogP contribution in [0.5, 0.6) is 0 Å². The van der Waals surface area contributed by atoms with Crippen LogP contribution in [-0.2, 0) is 4.79 Å². The lowest BCUT2D eigenvalue weighted by Gasteiger charge is -2.37. The number of fused-ring (bicyclic) bond motifs is 1. The number of carboxylic acids is 1. The maximum Gasteiger partial charge on any atom is 0.317 e. The van der Waals surface area contributed by atoms with E-state index in [2.05, 4.69) is 9.88 Å². The van der Waals surface area contributed by atoms with Crippen LogP contribution in [0, 0.1) is 0 Å². The highest BCUT2D eigenvalue weighted by atomic mass is 35.5. The minimum atomic E-state index is -0.773. The predicted octanol–water partition coefficient (Wildman–Crippen LogP) is 2.87. The predicted molar refractivity (Wildman–Crippen MR) is 92.3 cm³/mol. The van der Waals surface area contributed by atoms with Crippen LogP contribution < -0.4 is 4.90 Å².